The van der Waals surface area contributed by atoms with E-state index >= 15 is 0 Å². The van der Waals surface area contributed by atoms with Gasteiger partial charge in [0, 0.05) is 18.8 Å². The van der Waals surface area contributed by atoms with Crippen molar-refractivity contribution in [3.8, 4) is 0 Å². The van der Waals surface area contributed by atoms with E-state index in [1.807, 2.05) is 0 Å². The SMILES string of the molecule is CC(OCC=C1CCCC1)C1CC(=O)CCC12CO2. The number of hydrogen-bond donors (Lipinski definition) is 0. The molecule has 2 aliphatic carbocycles. The molecule has 2 saturated carbocycles. The van der Waals surface area contributed by atoms with Crippen molar-refractivity contribution >= 4 is 5.78 Å². The van der Waals surface area contributed by atoms with Gasteiger partial charge in [-0.05, 0) is 39.0 Å². The summed E-state index contributed by atoms with van der Waals surface area (Å²) in [5, 5.41) is 0. The molecular formula is C16H24O3. The van der Waals surface area contributed by atoms with Crippen molar-refractivity contribution in [3.05, 3.63) is 11.6 Å². The van der Waals surface area contributed by atoms with Gasteiger partial charge in [0.1, 0.15) is 5.78 Å². The minimum Gasteiger partial charge on any atom is -0.374 e. The molecule has 0 radical (unpaired) electrons. The first-order valence-electron chi connectivity index (χ1n) is 7.65. The lowest BCUT2D eigenvalue weighted by Gasteiger charge is -2.32. The standard InChI is InChI=1S/C16H24O3/c1-12(18-9-7-13-4-2-3-5-13)15-10-14(17)6-8-16(15)11-19-16/h7,12,15H,2-6,8-11H2,1H3. The Labute approximate surface area is 115 Å². The van der Waals surface area contributed by atoms with Gasteiger partial charge in [-0.2, -0.15) is 0 Å². The van der Waals surface area contributed by atoms with Crippen LogP contribution >= 0.6 is 0 Å². The summed E-state index contributed by atoms with van der Waals surface area (Å²) in [6.45, 7) is 3.61. The Morgan fingerprint density at radius 3 is 2.84 bits per heavy atom. The second-order valence-corrected chi connectivity index (χ2v) is 6.31. The van der Waals surface area contributed by atoms with Gasteiger partial charge in [0.05, 0.1) is 24.9 Å². The summed E-state index contributed by atoms with van der Waals surface area (Å²) in [4.78, 5) is 11.7. The number of rotatable bonds is 4. The smallest absolute Gasteiger partial charge is 0.133 e. The summed E-state index contributed by atoms with van der Waals surface area (Å²) in [5.74, 6) is 0.631. The number of epoxide rings is 1. The summed E-state index contributed by atoms with van der Waals surface area (Å²) in [6, 6.07) is 0. The fourth-order valence-corrected chi connectivity index (χ4v) is 3.58. The Balaban J connectivity index is 1.52. The van der Waals surface area contributed by atoms with Crippen LogP contribution in [-0.4, -0.2) is 30.7 Å². The molecule has 1 heterocycles. The molecule has 3 nitrogen and oxygen atoms in total. The lowest BCUT2D eigenvalue weighted by molar-refractivity contribution is -0.126. The first-order valence-corrected chi connectivity index (χ1v) is 7.65. The highest BCUT2D eigenvalue weighted by molar-refractivity contribution is 5.80. The zero-order chi connectivity index (χ0) is 13.3. The van der Waals surface area contributed by atoms with E-state index in [9.17, 15) is 4.79 Å². The topological polar surface area (TPSA) is 38.8 Å². The highest BCUT2D eigenvalue weighted by Gasteiger charge is 2.55. The highest BCUT2D eigenvalue weighted by atomic mass is 16.6. The van der Waals surface area contributed by atoms with Gasteiger partial charge in [0.2, 0.25) is 0 Å². The molecule has 0 amide bonds. The summed E-state index contributed by atoms with van der Waals surface area (Å²) in [6.07, 6.45) is 9.72. The molecule has 0 aromatic carbocycles. The van der Waals surface area contributed by atoms with E-state index in [0.717, 1.165) is 13.0 Å². The Kier molecular flexibility index (Phi) is 3.77. The van der Waals surface area contributed by atoms with Crippen LogP contribution in [0.25, 0.3) is 0 Å². The van der Waals surface area contributed by atoms with E-state index in [1.165, 1.54) is 25.7 Å². The van der Waals surface area contributed by atoms with Crippen LogP contribution in [0.15, 0.2) is 11.6 Å². The molecule has 3 fully saturated rings. The number of carbonyl (C=O) groups is 1. The lowest BCUT2D eigenvalue weighted by Crippen LogP contribution is -2.40. The maximum absolute atomic E-state index is 11.7. The number of carbonyl (C=O) groups excluding carboxylic acids is 1. The molecule has 3 unspecified atom stereocenters. The quantitative estimate of drug-likeness (QED) is 0.578. The van der Waals surface area contributed by atoms with Crippen molar-refractivity contribution in [2.75, 3.05) is 13.2 Å². The second kappa shape index (κ2) is 5.37. The van der Waals surface area contributed by atoms with E-state index in [4.69, 9.17) is 9.47 Å². The van der Waals surface area contributed by atoms with Gasteiger partial charge in [0.15, 0.2) is 0 Å². The molecule has 3 aliphatic rings. The van der Waals surface area contributed by atoms with Gasteiger partial charge >= 0.3 is 0 Å². The third-order valence-corrected chi connectivity index (χ3v) is 5.01. The van der Waals surface area contributed by atoms with Crippen molar-refractivity contribution in [2.24, 2.45) is 5.92 Å². The molecule has 1 saturated heterocycles. The summed E-state index contributed by atoms with van der Waals surface area (Å²) in [7, 11) is 0. The molecule has 0 aromatic heterocycles. The third-order valence-electron chi connectivity index (χ3n) is 5.01. The van der Waals surface area contributed by atoms with E-state index in [1.54, 1.807) is 5.57 Å². The number of ketones is 1. The highest BCUT2D eigenvalue weighted by Crippen LogP contribution is 2.47. The number of Topliss-reactive ketones (excluding diaryl/α,β-unsaturated/α-hetero) is 1. The Morgan fingerprint density at radius 1 is 1.42 bits per heavy atom. The molecule has 19 heavy (non-hydrogen) atoms. The Hall–Kier alpha value is -0.670. The van der Waals surface area contributed by atoms with Crippen molar-refractivity contribution in [1.29, 1.82) is 0 Å². The Bertz CT molecular complexity index is 373. The van der Waals surface area contributed by atoms with E-state index < -0.39 is 0 Å². The zero-order valence-corrected chi connectivity index (χ0v) is 11.8. The number of allylic oxidation sites excluding steroid dienone is 1. The van der Waals surface area contributed by atoms with Gasteiger partial charge < -0.3 is 9.47 Å². The minimum atomic E-state index is -0.0200. The minimum absolute atomic E-state index is 0.0200. The Morgan fingerprint density at radius 2 is 2.16 bits per heavy atom. The van der Waals surface area contributed by atoms with Gasteiger partial charge in [0.25, 0.3) is 0 Å². The summed E-state index contributed by atoms with van der Waals surface area (Å²) < 4.78 is 11.6. The van der Waals surface area contributed by atoms with E-state index in [0.29, 0.717) is 25.2 Å². The maximum atomic E-state index is 11.7. The van der Waals surface area contributed by atoms with Crippen LogP contribution < -0.4 is 0 Å². The summed E-state index contributed by atoms with van der Waals surface area (Å²) in [5.41, 5.74) is 1.53. The van der Waals surface area contributed by atoms with Crippen LogP contribution in [0.1, 0.15) is 51.9 Å². The molecule has 3 atom stereocenters. The predicted octanol–water partition coefficient (Wildman–Crippen LogP) is 3.03. The van der Waals surface area contributed by atoms with Crippen LogP contribution in [0.4, 0.5) is 0 Å². The molecule has 1 spiro atoms. The van der Waals surface area contributed by atoms with Crippen LogP contribution in [0.3, 0.4) is 0 Å². The van der Waals surface area contributed by atoms with E-state index in [2.05, 4.69) is 13.0 Å². The first kappa shape index (κ1) is 13.3. The molecule has 3 rings (SSSR count). The lowest BCUT2D eigenvalue weighted by atomic mass is 9.76. The van der Waals surface area contributed by atoms with Gasteiger partial charge in [-0.3, -0.25) is 4.79 Å². The summed E-state index contributed by atoms with van der Waals surface area (Å²) >= 11 is 0. The van der Waals surface area contributed by atoms with Gasteiger partial charge in [-0.1, -0.05) is 11.6 Å². The van der Waals surface area contributed by atoms with Crippen molar-refractivity contribution < 1.29 is 14.3 Å². The monoisotopic (exact) mass is 264 g/mol. The fraction of sp³-hybridized carbons (Fsp3) is 0.812. The van der Waals surface area contributed by atoms with Gasteiger partial charge in [-0.25, -0.2) is 0 Å². The normalized spacial score (nSPS) is 35.7. The van der Waals surface area contributed by atoms with Crippen LogP contribution in [-0.2, 0) is 14.3 Å². The number of ether oxygens (including phenoxy) is 2. The molecule has 0 N–H and O–H groups in total. The number of hydrogen-bond acceptors (Lipinski definition) is 3. The zero-order valence-electron chi connectivity index (χ0n) is 11.8. The third kappa shape index (κ3) is 2.92. The largest absolute Gasteiger partial charge is 0.374 e. The molecule has 1 aliphatic heterocycles. The molecule has 3 heteroatoms. The average molecular weight is 264 g/mol. The predicted molar refractivity (Wildman–Crippen MR) is 73.0 cm³/mol. The van der Waals surface area contributed by atoms with Crippen LogP contribution in [0.2, 0.25) is 0 Å². The van der Waals surface area contributed by atoms with E-state index in [-0.39, 0.29) is 17.6 Å². The van der Waals surface area contributed by atoms with Crippen molar-refractivity contribution in [2.45, 2.75) is 63.6 Å². The molecular weight excluding hydrogens is 240 g/mol. The first-order chi connectivity index (χ1) is 9.20. The average Bonchev–Trinajstić information content (AvgIpc) is 2.97. The molecule has 0 aromatic rings. The maximum Gasteiger partial charge on any atom is 0.133 e. The van der Waals surface area contributed by atoms with Crippen LogP contribution in [0.5, 0.6) is 0 Å². The second-order valence-electron chi connectivity index (χ2n) is 6.31. The van der Waals surface area contributed by atoms with Crippen LogP contribution in [0, 0.1) is 5.92 Å². The van der Waals surface area contributed by atoms with Gasteiger partial charge in [-0.15, -0.1) is 0 Å². The fourth-order valence-electron chi connectivity index (χ4n) is 3.58. The van der Waals surface area contributed by atoms with Crippen molar-refractivity contribution in [1.82, 2.24) is 0 Å². The molecule has 106 valence electrons. The van der Waals surface area contributed by atoms with Crippen molar-refractivity contribution in [3.63, 3.8) is 0 Å². The molecule has 0 bridgehead atoms.